The van der Waals surface area contributed by atoms with E-state index in [0.29, 0.717) is 11.3 Å². The first-order valence-corrected chi connectivity index (χ1v) is 5.99. The van der Waals surface area contributed by atoms with Crippen LogP contribution >= 0.6 is 0 Å². The van der Waals surface area contributed by atoms with Crippen LogP contribution in [-0.2, 0) is 0 Å². The van der Waals surface area contributed by atoms with Gasteiger partial charge in [-0.2, -0.15) is 0 Å². The SMILES string of the molecule is Cc1cc(NC2CCNCC2)c([N+](=O)[O-])cc1F. The van der Waals surface area contributed by atoms with Crippen molar-refractivity contribution in [2.45, 2.75) is 25.8 Å². The minimum atomic E-state index is -0.550. The topological polar surface area (TPSA) is 67.2 Å². The molecule has 0 atom stereocenters. The van der Waals surface area contributed by atoms with E-state index in [9.17, 15) is 14.5 Å². The molecule has 1 aromatic carbocycles. The molecule has 0 aromatic heterocycles. The lowest BCUT2D eigenvalue weighted by atomic mass is 10.1. The molecular formula is C12H16FN3O2. The van der Waals surface area contributed by atoms with Crippen molar-refractivity contribution in [3.8, 4) is 0 Å². The molecule has 6 heteroatoms. The summed E-state index contributed by atoms with van der Waals surface area (Å²) in [7, 11) is 0. The van der Waals surface area contributed by atoms with Crippen LogP contribution in [-0.4, -0.2) is 24.1 Å². The molecule has 2 N–H and O–H groups in total. The molecule has 98 valence electrons. The summed E-state index contributed by atoms with van der Waals surface area (Å²) in [4.78, 5) is 10.4. The fourth-order valence-electron chi connectivity index (χ4n) is 2.12. The molecule has 1 aliphatic heterocycles. The molecule has 0 unspecified atom stereocenters. The Labute approximate surface area is 105 Å². The molecular weight excluding hydrogens is 237 g/mol. The molecule has 18 heavy (non-hydrogen) atoms. The van der Waals surface area contributed by atoms with Crippen LogP contribution in [0, 0.1) is 22.9 Å². The number of rotatable bonds is 3. The van der Waals surface area contributed by atoms with Crippen molar-refractivity contribution in [1.29, 1.82) is 0 Å². The van der Waals surface area contributed by atoms with Gasteiger partial charge in [0.15, 0.2) is 0 Å². The smallest absolute Gasteiger partial charge is 0.295 e. The maximum absolute atomic E-state index is 13.4. The fourth-order valence-corrected chi connectivity index (χ4v) is 2.12. The Balaban J connectivity index is 2.24. The summed E-state index contributed by atoms with van der Waals surface area (Å²) in [6.07, 6.45) is 1.82. The standard InChI is InChI=1S/C12H16FN3O2/c1-8-6-11(12(16(17)18)7-10(8)13)15-9-2-4-14-5-3-9/h6-7,9,14-15H,2-5H2,1H3. The van der Waals surface area contributed by atoms with Crippen molar-refractivity contribution in [3.05, 3.63) is 33.6 Å². The Bertz CT molecular complexity index is 459. The van der Waals surface area contributed by atoms with Crippen molar-refractivity contribution in [3.63, 3.8) is 0 Å². The second-order valence-electron chi connectivity index (χ2n) is 4.54. The lowest BCUT2D eigenvalue weighted by molar-refractivity contribution is -0.384. The van der Waals surface area contributed by atoms with Crippen molar-refractivity contribution >= 4 is 11.4 Å². The molecule has 1 aromatic rings. The molecule has 1 heterocycles. The van der Waals surface area contributed by atoms with Crippen LogP contribution in [0.25, 0.3) is 0 Å². The van der Waals surface area contributed by atoms with Gasteiger partial charge in [-0.1, -0.05) is 0 Å². The van der Waals surface area contributed by atoms with E-state index >= 15 is 0 Å². The van der Waals surface area contributed by atoms with Gasteiger partial charge >= 0.3 is 0 Å². The molecule has 0 aliphatic carbocycles. The molecule has 0 radical (unpaired) electrons. The zero-order valence-electron chi connectivity index (χ0n) is 10.2. The van der Waals surface area contributed by atoms with E-state index in [4.69, 9.17) is 0 Å². The summed E-state index contributed by atoms with van der Waals surface area (Å²) in [6.45, 7) is 3.39. The highest BCUT2D eigenvalue weighted by Gasteiger charge is 2.20. The summed E-state index contributed by atoms with van der Waals surface area (Å²) in [6, 6.07) is 2.70. The highest BCUT2D eigenvalue weighted by atomic mass is 19.1. The van der Waals surface area contributed by atoms with E-state index in [0.717, 1.165) is 32.0 Å². The molecule has 1 saturated heterocycles. The van der Waals surface area contributed by atoms with E-state index in [1.807, 2.05) is 0 Å². The number of halogens is 1. The predicted octanol–water partition coefficient (Wildman–Crippen LogP) is 2.21. The van der Waals surface area contributed by atoms with Crippen LogP contribution in [0.5, 0.6) is 0 Å². The van der Waals surface area contributed by atoms with Gasteiger partial charge in [0.2, 0.25) is 0 Å². The van der Waals surface area contributed by atoms with E-state index in [-0.39, 0.29) is 11.7 Å². The summed E-state index contributed by atoms with van der Waals surface area (Å²) in [5.74, 6) is -0.544. The number of nitrogens with one attached hydrogen (secondary N) is 2. The zero-order valence-corrected chi connectivity index (χ0v) is 10.2. The van der Waals surface area contributed by atoms with Gasteiger partial charge in [0.25, 0.3) is 5.69 Å². The first-order chi connectivity index (χ1) is 8.58. The first kappa shape index (κ1) is 12.8. The number of anilines is 1. The summed E-state index contributed by atoms with van der Waals surface area (Å²) in [5, 5.41) is 17.3. The number of hydrogen-bond acceptors (Lipinski definition) is 4. The van der Waals surface area contributed by atoms with Gasteiger partial charge in [-0.25, -0.2) is 4.39 Å². The normalized spacial score (nSPS) is 16.6. The van der Waals surface area contributed by atoms with Crippen LogP contribution in [0.15, 0.2) is 12.1 Å². The number of benzene rings is 1. The van der Waals surface area contributed by atoms with Crippen molar-refractivity contribution in [2.75, 3.05) is 18.4 Å². The van der Waals surface area contributed by atoms with Crippen LogP contribution in [0.3, 0.4) is 0 Å². The second kappa shape index (κ2) is 5.30. The number of hydrogen-bond donors (Lipinski definition) is 2. The Morgan fingerprint density at radius 3 is 2.72 bits per heavy atom. The third kappa shape index (κ3) is 2.76. The Kier molecular flexibility index (Phi) is 3.76. The molecule has 1 aliphatic rings. The van der Waals surface area contributed by atoms with Gasteiger partial charge < -0.3 is 10.6 Å². The van der Waals surface area contributed by atoms with E-state index in [1.165, 1.54) is 6.07 Å². The van der Waals surface area contributed by atoms with Gasteiger partial charge in [-0.15, -0.1) is 0 Å². The number of nitro benzene ring substituents is 1. The fraction of sp³-hybridized carbons (Fsp3) is 0.500. The Morgan fingerprint density at radius 2 is 2.11 bits per heavy atom. The number of nitro groups is 1. The van der Waals surface area contributed by atoms with Crippen LogP contribution < -0.4 is 10.6 Å². The summed E-state index contributed by atoms with van der Waals surface area (Å²) < 4.78 is 13.4. The molecule has 1 fully saturated rings. The number of aryl methyl sites for hydroxylation is 1. The third-order valence-corrected chi connectivity index (χ3v) is 3.17. The predicted molar refractivity (Wildman–Crippen MR) is 67.3 cm³/mol. The van der Waals surface area contributed by atoms with Crippen LogP contribution in [0.1, 0.15) is 18.4 Å². The van der Waals surface area contributed by atoms with Gasteiger partial charge in [0, 0.05) is 6.04 Å². The van der Waals surface area contributed by atoms with Crippen LogP contribution in [0.2, 0.25) is 0 Å². The third-order valence-electron chi connectivity index (χ3n) is 3.17. The number of nitrogens with zero attached hydrogens (tertiary/aromatic N) is 1. The van der Waals surface area contributed by atoms with Crippen molar-refractivity contribution in [2.24, 2.45) is 0 Å². The van der Waals surface area contributed by atoms with Gasteiger partial charge in [0.05, 0.1) is 11.0 Å². The van der Waals surface area contributed by atoms with Gasteiger partial charge in [-0.05, 0) is 44.5 Å². The molecule has 0 bridgehead atoms. The molecule has 0 amide bonds. The van der Waals surface area contributed by atoms with Crippen molar-refractivity contribution in [1.82, 2.24) is 5.32 Å². The van der Waals surface area contributed by atoms with Gasteiger partial charge in [-0.3, -0.25) is 10.1 Å². The highest BCUT2D eigenvalue weighted by Crippen LogP contribution is 2.29. The maximum atomic E-state index is 13.4. The lowest BCUT2D eigenvalue weighted by Crippen LogP contribution is -2.35. The minimum Gasteiger partial charge on any atom is -0.377 e. The number of piperidine rings is 1. The average Bonchev–Trinajstić information content (AvgIpc) is 2.34. The maximum Gasteiger partial charge on any atom is 0.295 e. The minimum absolute atomic E-state index is 0.198. The van der Waals surface area contributed by atoms with E-state index in [2.05, 4.69) is 10.6 Å². The Morgan fingerprint density at radius 1 is 1.44 bits per heavy atom. The molecule has 2 rings (SSSR count). The van der Waals surface area contributed by atoms with E-state index < -0.39 is 10.7 Å². The average molecular weight is 253 g/mol. The molecule has 0 saturated carbocycles. The molecule has 0 spiro atoms. The summed E-state index contributed by atoms with van der Waals surface area (Å²) in [5.41, 5.74) is 0.625. The first-order valence-electron chi connectivity index (χ1n) is 5.99. The largest absolute Gasteiger partial charge is 0.377 e. The Hall–Kier alpha value is -1.69. The lowest BCUT2D eigenvalue weighted by Gasteiger charge is -2.24. The quantitative estimate of drug-likeness (QED) is 0.640. The van der Waals surface area contributed by atoms with Crippen molar-refractivity contribution < 1.29 is 9.31 Å². The second-order valence-corrected chi connectivity index (χ2v) is 4.54. The van der Waals surface area contributed by atoms with Gasteiger partial charge in [0.1, 0.15) is 11.5 Å². The molecule has 5 nitrogen and oxygen atoms in total. The monoisotopic (exact) mass is 253 g/mol. The summed E-state index contributed by atoms with van der Waals surface area (Å²) >= 11 is 0. The zero-order chi connectivity index (χ0) is 13.1. The van der Waals surface area contributed by atoms with Crippen LogP contribution in [0.4, 0.5) is 15.8 Å². The highest BCUT2D eigenvalue weighted by molar-refractivity contribution is 5.63. The van der Waals surface area contributed by atoms with E-state index in [1.54, 1.807) is 6.92 Å².